The maximum absolute atomic E-state index is 13.2. The van der Waals surface area contributed by atoms with E-state index >= 15 is 0 Å². The Labute approximate surface area is 224 Å². The number of esters is 1. The first-order chi connectivity index (χ1) is 18.4. The van der Waals surface area contributed by atoms with Crippen molar-refractivity contribution in [3.05, 3.63) is 120 Å². The van der Waals surface area contributed by atoms with E-state index in [0.717, 1.165) is 34.0 Å². The van der Waals surface area contributed by atoms with Gasteiger partial charge in [0.2, 0.25) is 0 Å². The summed E-state index contributed by atoms with van der Waals surface area (Å²) in [5.41, 5.74) is 3.99. The van der Waals surface area contributed by atoms with Crippen LogP contribution in [0.2, 0.25) is 0 Å². The second kappa shape index (κ2) is 13.0. The van der Waals surface area contributed by atoms with Gasteiger partial charge in [0.05, 0.1) is 11.1 Å². The van der Waals surface area contributed by atoms with Crippen LogP contribution in [-0.4, -0.2) is 45.6 Å². The molecule has 0 amide bonds. The monoisotopic (exact) mass is 530 g/mol. The normalized spacial score (nSPS) is 18.2. The van der Waals surface area contributed by atoms with Crippen molar-refractivity contribution in [2.24, 2.45) is 0 Å². The second-order valence-corrected chi connectivity index (χ2v) is 10.1. The number of carboxylic acids is 1. The number of hydrogen-bond acceptors (Lipinski definition) is 5. The summed E-state index contributed by atoms with van der Waals surface area (Å²) in [6.45, 7) is 0.113. The van der Waals surface area contributed by atoms with Crippen LogP contribution in [-0.2, 0) is 4.74 Å². The molecule has 0 aliphatic carbocycles. The number of aliphatic hydroxyl groups is 1. The van der Waals surface area contributed by atoms with E-state index in [9.17, 15) is 19.1 Å². The van der Waals surface area contributed by atoms with Crippen LogP contribution in [0.4, 0.5) is 4.39 Å². The number of alkyl halides is 1. The van der Waals surface area contributed by atoms with Gasteiger partial charge in [0.15, 0.2) is 0 Å². The Morgan fingerprint density at radius 1 is 0.737 bits per heavy atom. The maximum atomic E-state index is 13.2. The van der Waals surface area contributed by atoms with Crippen LogP contribution < -0.4 is 0 Å². The Balaban J connectivity index is 0.000000194. The van der Waals surface area contributed by atoms with Crippen molar-refractivity contribution >= 4 is 23.7 Å². The van der Waals surface area contributed by atoms with E-state index in [1.165, 1.54) is 0 Å². The standard InChI is InChI=1S/C18H17FO3S.C13H10O2/c19-16-10-15(23-18(16)21)11-22-17(20)14-8-6-13(7-9-14)12-4-2-1-3-5-12;14-13(15)12-8-6-11(7-9-12)10-4-2-1-3-5-10/h1-9,15-16,18,21H,10-11H2;1-9H,(H,14,15). The Morgan fingerprint density at radius 3 is 1.61 bits per heavy atom. The fourth-order valence-electron chi connectivity index (χ4n) is 3.93. The van der Waals surface area contributed by atoms with Crippen LogP contribution in [0, 0.1) is 0 Å². The fourth-order valence-corrected chi connectivity index (χ4v) is 5.05. The van der Waals surface area contributed by atoms with Gasteiger partial charge in [-0.3, -0.25) is 0 Å². The highest BCUT2D eigenvalue weighted by Gasteiger charge is 2.34. The predicted molar refractivity (Wildman–Crippen MR) is 148 cm³/mol. The maximum Gasteiger partial charge on any atom is 0.338 e. The minimum absolute atomic E-state index is 0.113. The lowest BCUT2D eigenvalue weighted by Gasteiger charge is -2.10. The van der Waals surface area contributed by atoms with E-state index < -0.39 is 23.5 Å². The van der Waals surface area contributed by atoms with Crippen LogP contribution in [0.3, 0.4) is 0 Å². The Hall–Kier alpha value is -3.94. The lowest BCUT2D eigenvalue weighted by atomic mass is 10.0. The van der Waals surface area contributed by atoms with E-state index in [2.05, 4.69) is 0 Å². The number of carbonyl (C=O) groups excluding carboxylic acids is 1. The second-order valence-electron chi connectivity index (χ2n) is 8.69. The van der Waals surface area contributed by atoms with Gasteiger partial charge in [0.1, 0.15) is 18.2 Å². The molecule has 0 saturated carbocycles. The van der Waals surface area contributed by atoms with Gasteiger partial charge < -0.3 is 14.9 Å². The molecule has 194 valence electrons. The van der Waals surface area contributed by atoms with Gasteiger partial charge in [-0.25, -0.2) is 14.0 Å². The van der Waals surface area contributed by atoms with Gasteiger partial charge in [0, 0.05) is 5.25 Å². The van der Waals surface area contributed by atoms with Crippen LogP contribution in [0.5, 0.6) is 0 Å². The molecule has 0 spiro atoms. The molecule has 4 aromatic rings. The Morgan fingerprint density at radius 2 is 1.18 bits per heavy atom. The number of benzene rings is 4. The summed E-state index contributed by atoms with van der Waals surface area (Å²) in [5.74, 6) is -1.32. The molecule has 3 unspecified atom stereocenters. The minimum Gasteiger partial charge on any atom is -0.478 e. The summed E-state index contributed by atoms with van der Waals surface area (Å²) in [6.07, 6.45) is -1.03. The first-order valence-corrected chi connectivity index (χ1v) is 13.0. The van der Waals surface area contributed by atoms with Gasteiger partial charge >= 0.3 is 11.9 Å². The molecule has 4 aromatic carbocycles. The van der Waals surface area contributed by atoms with Gasteiger partial charge in [-0.15, -0.1) is 11.8 Å². The minimum atomic E-state index is -1.24. The van der Waals surface area contributed by atoms with Crippen LogP contribution in [0.25, 0.3) is 22.3 Å². The number of aromatic carboxylic acids is 1. The number of aliphatic hydroxyl groups excluding tert-OH is 1. The molecule has 0 radical (unpaired) electrons. The molecule has 1 fully saturated rings. The molecule has 1 saturated heterocycles. The molecule has 0 aromatic heterocycles. The third kappa shape index (κ3) is 7.31. The average Bonchev–Trinajstić information content (AvgIpc) is 3.29. The van der Waals surface area contributed by atoms with Crippen LogP contribution in [0.1, 0.15) is 27.1 Å². The van der Waals surface area contributed by atoms with Crippen molar-refractivity contribution in [1.82, 2.24) is 0 Å². The largest absolute Gasteiger partial charge is 0.478 e. The van der Waals surface area contributed by atoms with Crippen LogP contribution in [0.15, 0.2) is 109 Å². The summed E-state index contributed by atoms with van der Waals surface area (Å²) in [4.78, 5) is 22.7. The number of halogens is 1. The van der Waals surface area contributed by atoms with Crippen molar-refractivity contribution < 1.29 is 28.9 Å². The Kier molecular flexibility index (Phi) is 9.30. The quantitative estimate of drug-likeness (QED) is 0.269. The van der Waals surface area contributed by atoms with E-state index in [1.54, 1.807) is 24.3 Å². The van der Waals surface area contributed by atoms with Crippen molar-refractivity contribution in [3.63, 3.8) is 0 Å². The Bertz CT molecular complexity index is 1320. The SMILES string of the molecule is O=C(O)c1ccc(-c2ccccc2)cc1.O=C(OCC1CC(F)C(O)S1)c1ccc(-c2ccccc2)cc1. The van der Waals surface area contributed by atoms with Gasteiger partial charge in [0.25, 0.3) is 0 Å². The number of thioether (sulfide) groups is 1. The molecular formula is C31H27FO5S. The zero-order chi connectivity index (χ0) is 26.9. The molecule has 38 heavy (non-hydrogen) atoms. The summed E-state index contributed by atoms with van der Waals surface area (Å²) < 4.78 is 18.4. The smallest absolute Gasteiger partial charge is 0.338 e. The van der Waals surface area contributed by atoms with E-state index in [-0.39, 0.29) is 18.3 Å². The first kappa shape index (κ1) is 27.1. The zero-order valence-electron chi connectivity index (χ0n) is 20.4. The van der Waals surface area contributed by atoms with E-state index in [0.29, 0.717) is 11.1 Å². The lowest BCUT2D eigenvalue weighted by molar-refractivity contribution is 0.0498. The fraction of sp³-hybridized carbons (Fsp3) is 0.161. The molecule has 3 atom stereocenters. The molecule has 0 bridgehead atoms. The highest BCUT2D eigenvalue weighted by atomic mass is 32.2. The molecule has 2 N–H and O–H groups in total. The number of ether oxygens (including phenoxy) is 1. The molecule has 5 rings (SSSR count). The summed E-state index contributed by atoms with van der Waals surface area (Å²) >= 11 is 1.11. The highest BCUT2D eigenvalue weighted by Crippen LogP contribution is 2.34. The topological polar surface area (TPSA) is 83.8 Å². The first-order valence-electron chi connectivity index (χ1n) is 12.1. The number of carbonyl (C=O) groups is 2. The van der Waals surface area contributed by atoms with Crippen molar-refractivity contribution in [1.29, 1.82) is 0 Å². The van der Waals surface area contributed by atoms with Crippen molar-refractivity contribution in [3.8, 4) is 22.3 Å². The number of rotatable bonds is 6. The molecule has 1 aliphatic rings. The molecular weight excluding hydrogens is 503 g/mol. The third-order valence-electron chi connectivity index (χ3n) is 6.00. The number of carboxylic acid groups (broad SMARTS) is 1. The summed E-state index contributed by atoms with van der Waals surface area (Å²) in [7, 11) is 0. The highest BCUT2D eigenvalue weighted by molar-refractivity contribution is 8.00. The molecule has 7 heteroatoms. The average molecular weight is 531 g/mol. The summed E-state index contributed by atoms with van der Waals surface area (Å²) in [6, 6.07) is 33.8. The molecule has 1 aliphatic heterocycles. The van der Waals surface area contributed by atoms with E-state index in [1.807, 2.05) is 84.9 Å². The van der Waals surface area contributed by atoms with Gasteiger partial charge in [-0.2, -0.15) is 0 Å². The number of hydrogen-bond donors (Lipinski definition) is 2. The van der Waals surface area contributed by atoms with Gasteiger partial charge in [-0.1, -0.05) is 84.9 Å². The van der Waals surface area contributed by atoms with E-state index in [4.69, 9.17) is 9.84 Å². The van der Waals surface area contributed by atoms with Crippen molar-refractivity contribution in [2.45, 2.75) is 23.3 Å². The summed E-state index contributed by atoms with van der Waals surface area (Å²) in [5, 5.41) is 17.9. The predicted octanol–water partition coefficient (Wildman–Crippen LogP) is 6.72. The zero-order valence-corrected chi connectivity index (χ0v) is 21.3. The third-order valence-corrected chi connectivity index (χ3v) is 7.28. The van der Waals surface area contributed by atoms with Crippen LogP contribution >= 0.6 is 11.8 Å². The molecule has 5 nitrogen and oxygen atoms in total. The lowest BCUT2D eigenvalue weighted by Crippen LogP contribution is -2.15. The molecule has 1 heterocycles. The van der Waals surface area contributed by atoms with Gasteiger partial charge in [-0.05, 0) is 52.9 Å². The van der Waals surface area contributed by atoms with Crippen molar-refractivity contribution in [2.75, 3.05) is 6.61 Å².